The third kappa shape index (κ3) is 8.94. The molecule has 2 aromatic rings. The minimum Gasteiger partial charge on any atom is -0.497 e. The van der Waals surface area contributed by atoms with Gasteiger partial charge in [0.25, 0.3) is 0 Å². The summed E-state index contributed by atoms with van der Waals surface area (Å²) in [5, 5.41) is 2.60. The highest BCUT2D eigenvalue weighted by Gasteiger charge is 2.41. The number of carbonyl (C=O) groups is 4. The van der Waals surface area contributed by atoms with Crippen LogP contribution in [0, 0.1) is 0 Å². The molecule has 4 atom stereocenters. The summed E-state index contributed by atoms with van der Waals surface area (Å²) in [6.45, 7) is 5.11. The summed E-state index contributed by atoms with van der Waals surface area (Å²) in [6, 6.07) is 14.7. The fourth-order valence-corrected chi connectivity index (χ4v) is 3.47. The van der Waals surface area contributed by atoms with Gasteiger partial charge < -0.3 is 29.0 Å². The summed E-state index contributed by atoms with van der Waals surface area (Å²) in [6.07, 6.45) is -4.47. The number of alkyl carbamates (subject to hydrolysis) is 1. The van der Waals surface area contributed by atoms with Gasteiger partial charge in [0.2, 0.25) is 0 Å². The Labute approximate surface area is 209 Å². The van der Waals surface area contributed by atoms with Gasteiger partial charge in [0, 0.05) is 20.8 Å². The van der Waals surface area contributed by atoms with Gasteiger partial charge in [-0.1, -0.05) is 42.5 Å². The van der Waals surface area contributed by atoms with Crippen molar-refractivity contribution in [3.8, 4) is 5.75 Å². The molecule has 2 aromatic carbocycles. The number of amides is 1. The van der Waals surface area contributed by atoms with Gasteiger partial charge in [-0.25, -0.2) is 4.79 Å². The van der Waals surface area contributed by atoms with Crippen molar-refractivity contribution in [3.63, 3.8) is 0 Å². The van der Waals surface area contributed by atoms with Crippen LogP contribution in [-0.2, 0) is 39.9 Å². The fourth-order valence-electron chi connectivity index (χ4n) is 3.47. The molecule has 0 saturated heterocycles. The largest absolute Gasteiger partial charge is 0.497 e. The Kier molecular flexibility index (Phi) is 10.7. The minimum absolute atomic E-state index is 0.0208. The number of esters is 3. The monoisotopic (exact) mass is 501 g/mol. The standard InChI is InChI=1S/C26H31NO9/c1-16(27-26(31)33-15-20-9-7-6-8-10-20)23(34-17(2)28)25(36-19(4)30)24(35-18(3)29)21-11-13-22(32-5)14-12-21/h6-14,16,23-25H,15H2,1-5H3,(H,27,31)/t16-,23-,24-,25+/m1/s1. The lowest BCUT2D eigenvalue weighted by atomic mass is 9.95. The predicted molar refractivity (Wildman–Crippen MR) is 128 cm³/mol. The maximum absolute atomic E-state index is 12.5. The lowest BCUT2D eigenvalue weighted by Gasteiger charge is -2.35. The Morgan fingerprint density at radius 3 is 1.86 bits per heavy atom. The molecule has 10 nitrogen and oxygen atoms in total. The van der Waals surface area contributed by atoms with Crippen LogP contribution in [0.5, 0.6) is 5.75 Å². The van der Waals surface area contributed by atoms with Gasteiger partial charge in [-0.2, -0.15) is 0 Å². The number of carbonyl (C=O) groups excluding carboxylic acids is 4. The predicted octanol–water partition coefficient (Wildman–Crippen LogP) is 3.48. The molecule has 2 rings (SSSR count). The molecule has 0 heterocycles. The second kappa shape index (κ2) is 13.7. The number of benzene rings is 2. The Morgan fingerprint density at radius 1 is 0.778 bits per heavy atom. The molecule has 0 aliphatic rings. The van der Waals surface area contributed by atoms with E-state index in [4.69, 9.17) is 23.7 Å². The molecule has 1 amide bonds. The molecular weight excluding hydrogens is 470 g/mol. The van der Waals surface area contributed by atoms with Gasteiger partial charge in [-0.3, -0.25) is 14.4 Å². The van der Waals surface area contributed by atoms with Crippen LogP contribution < -0.4 is 10.1 Å². The van der Waals surface area contributed by atoms with Gasteiger partial charge in [0.1, 0.15) is 12.4 Å². The summed E-state index contributed by atoms with van der Waals surface area (Å²) in [5.41, 5.74) is 1.23. The van der Waals surface area contributed by atoms with Crippen LogP contribution in [0.4, 0.5) is 4.79 Å². The van der Waals surface area contributed by atoms with E-state index in [-0.39, 0.29) is 6.61 Å². The maximum atomic E-state index is 12.5. The van der Waals surface area contributed by atoms with E-state index in [2.05, 4.69) is 5.32 Å². The van der Waals surface area contributed by atoms with Crippen LogP contribution in [-0.4, -0.2) is 49.4 Å². The van der Waals surface area contributed by atoms with Gasteiger partial charge >= 0.3 is 24.0 Å². The lowest BCUT2D eigenvalue weighted by Crippen LogP contribution is -2.52. The molecule has 1 N–H and O–H groups in total. The SMILES string of the molecule is COc1ccc([C@@H](OC(C)=O)[C@@H](OC(C)=O)[C@H](OC(C)=O)[C@@H](C)NC(=O)OCc2ccccc2)cc1. The average molecular weight is 502 g/mol. The highest BCUT2D eigenvalue weighted by Crippen LogP contribution is 2.30. The summed E-state index contributed by atoms with van der Waals surface area (Å²) in [4.78, 5) is 48.5. The smallest absolute Gasteiger partial charge is 0.407 e. The van der Waals surface area contributed by atoms with Crippen molar-refractivity contribution in [1.82, 2.24) is 5.32 Å². The number of hydrogen-bond acceptors (Lipinski definition) is 9. The molecule has 0 bridgehead atoms. The van der Waals surface area contributed by atoms with Crippen LogP contribution >= 0.6 is 0 Å². The Morgan fingerprint density at radius 2 is 1.33 bits per heavy atom. The average Bonchev–Trinajstić information content (AvgIpc) is 2.83. The molecule has 0 aliphatic carbocycles. The topological polar surface area (TPSA) is 126 Å². The zero-order valence-corrected chi connectivity index (χ0v) is 20.9. The third-order valence-electron chi connectivity index (χ3n) is 5.01. The summed E-state index contributed by atoms with van der Waals surface area (Å²) in [5.74, 6) is -1.50. The summed E-state index contributed by atoms with van der Waals surface area (Å²) in [7, 11) is 1.50. The first-order chi connectivity index (χ1) is 17.1. The second-order valence-electron chi connectivity index (χ2n) is 7.95. The van der Waals surface area contributed by atoms with Crippen molar-refractivity contribution in [2.75, 3.05) is 7.11 Å². The van der Waals surface area contributed by atoms with E-state index >= 15 is 0 Å². The van der Waals surface area contributed by atoms with Crippen molar-refractivity contribution in [2.45, 2.75) is 58.7 Å². The van der Waals surface area contributed by atoms with Crippen LogP contribution in [0.25, 0.3) is 0 Å². The van der Waals surface area contributed by atoms with Gasteiger partial charge in [-0.05, 0) is 30.2 Å². The van der Waals surface area contributed by atoms with E-state index in [1.165, 1.54) is 27.9 Å². The van der Waals surface area contributed by atoms with E-state index in [1.54, 1.807) is 43.3 Å². The van der Waals surface area contributed by atoms with Gasteiger partial charge in [0.05, 0.1) is 13.2 Å². The zero-order valence-electron chi connectivity index (χ0n) is 20.9. The molecule has 36 heavy (non-hydrogen) atoms. The molecule has 0 aromatic heterocycles. The van der Waals surface area contributed by atoms with Crippen molar-refractivity contribution in [2.24, 2.45) is 0 Å². The van der Waals surface area contributed by atoms with E-state index < -0.39 is 48.4 Å². The maximum Gasteiger partial charge on any atom is 0.407 e. The first-order valence-electron chi connectivity index (χ1n) is 11.2. The zero-order chi connectivity index (χ0) is 26.7. The number of methoxy groups -OCH3 is 1. The number of ether oxygens (including phenoxy) is 5. The first-order valence-corrected chi connectivity index (χ1v) is 11.2. The quantitative estimate of drug-likeness (QED) is 0.364. The fraction of sp³-hybridized carbons (Fsp3) is 0.385. The van der Waals surface area contributed by atoms with E-state index in [1.807, 2.05) is 18.2 Å². The summed E-state index contributed by atoms with van der Waals surface area (Å²) >= 11 is 0. The molecule has 0 saturated carbocycles. The molecular formula is C26H31NO9. The number of rotatable bonds is 11. The Balaban J connectivity index is 2.33. The van der Waals surface area contributed by atoms with E-state index in [0.29, 0.717) is 11.3 Å². The van der Waals surface area contributed by atoms with Crippen molar-refractivity contribution >= 4 is 24.0 Å². The molecule has 0 fully saturated rings. The molecule has 0 unspecified atom stereocenters. The van der Waals surface area contributed by atoms with Crippen LogP contribution in [0.1, 0.15) is 44.9 Å². The second-order valence-corrected chi connectivity index (χ2v) is 7.95. The van der Waals surface area contributed by atoms with E-state index in [0.717, 1.165) is 5.56 Å². The number of hydrogen-bond donors (Lipinski definition) is 1. The van der Waals surface area contributed by atoms with Gasteiger partial charge in [0.15, 0.2) is 18.3 Å². The van der Waals surface area contributed by atoms with E-state index in [9.17, 15) is 19.2 Å². The van der Waals surface area contributed by atoms with Gasteiger partial charge in [-0.15, -0.1) is 0 Å². The third-order valence-corrected chi connectivity index (χ3v) is 5.01. The summed E-state index contributed by atoms with van der Waals surface area (Å²) < 4.78 is 26.9. The number of nitrogens with one attached hydrogen (secondary N) is 1. The normalized spacial score (nSPS) is 13.8. The molecule has 0 aliphatic heterocycles. The molecule has 10 heteroatoms. The van der Waals surface area contributed by atoms with Crippen LogP contribution in [0.2, 0.25) is 0 Å². The van der Waals surface area contributed by atoms with Crippen LogP contribution in [0.3, 0.4) is 0 Å². The van der Waals surface area contributed by atoms with Crippen molar-refractivity contribution in [1.29, 1.82) is 0 Å². The minimum atomic E-state index is -1.30. The Hall–Kier alpha value is -4.08. The van der Waals surface area contributed by atoms with Crippen LogP contribution in [0.15, 0.2) is 54.6 Å². The molecule has 194 valence electrons. The highest BCUT2D eigenvalue weighted by molar-refractivity contribution is 5.70. The molecule has 0 radical (unpaired) electrons. The van der Waals surface area contributed by atoms with Crippen molar-refractivity contribution in [3.05, 3.63) is 65.7 Å². The highest BCUT2D eigenvalue weighted by atomic mass is 16.6. The van der Waals surface area contributed by atoms with Crippen molar-refractivity contribution < 1.29 is 42.9 Å². The first kappa shape index (κ1) is 28.2. The Bertz CT molecular complexity index is 1020. The lowest BCUT2D eigenvalue weighted by molar-refractivity contribution is -0.186. The molecule has 0 spiro atoms.